The van der Waals surface area contributed by atoms with Crippen LogP contribution in [-0.4, -0.2) is 103 Å². The van der Waals surface area contributed by atoms with Crippen LogP contribution in [0.3, 0.4) is 0 Å². The molecule has 0 radical (unpaired) electrons. The van der Waals surface area contributed by atoms with Gasteiger partial charge in [-0.2, -0.15) is 13.2 Å². The van der Waals surface area contributed by atoms with Gasteiger partial charge in [0.1, 0.15) is 22.6 Å². The number of hydrogen-bond acceptors (Lipinski definition) is 15. The topological polar surface area (TPSA) is 218 Å². The molecule has 23 heteroatoms. The molecule has 2 saturated heterocycles. The number of carboxylic acids is 1. The Labute approximate surface area is 438 Å². The van der Waals surface area contributed by atoms with Crippen LogP contribution in [-0.2, 0) is 17.9 Å². The maximum atomic E-state index is 10.6. The Morgan fingerprint density at radius 2 is 1.09 bits per heavy atom. The summed E-state index contributed by atoms with van der Waals surface area (Å²) in [6, 6.07) is 27.1. The van der Waals surface area contributed by atoms with E-state index in [1.54, 1.807) is 16.9 Å². The van der Waals surface area contributed by atoms with Crippen molar-refractivity contribution in [1.82, 2.24) is 65.2 Å². The Kier molecular flexibility index (Phi) is 20.1. The Morgan fingerprint density at radius 1 is 0.676 bits per heavy atom. The van der Waals surface area contributed by atoms with Crippen molar-refractivity contribution >= 4 is 35.8 Å². The van der Waals surface area contributed by atoms with Crippen LogP contribution >= 0.6 is 24.0 Å². The van der Waals surface area contributed by atoms with Crippen LogP contribution < -0.4 is 10.2 Å². The van der Waals surface area contributed by atoms with E-state index in [2.05, 4.69) is 94.5 Å². The Hall–Kier alpha value is -7.10. The number of piperidine rings is 2. The molecule has 2 aromatic carbocycles. The SMILES string of the molecule is C.CC1(C)CCNCC1.Cc1nc(-c2nnc(-c3ccccc3)o2)nn1Cc1ccnc(Cl)c1.Cc1nc(-c2nnc(-c3ccccc3)o2)nn1Cc1ccnc(N2CCC(C)(C)CC2)c1.Cl.O=C(O)C(F)(F)F. The second-order valence-corrected chi connectivity index (χ2v) is 19.1. The highest BCUT2D eigenvalue weighted by Gasteiger charge is 2.38. The minimum atomic E-state index is -5.08. The molecule has 8 aromatic rings. The van der Waals surface area contributed by atoms with E-state index in [1.165, 1.54) is 38.8 Å². The average Bonchev–Trinajstić information content (AvgIpc) is 4.18. The number of nitrogens with one attached hydrogen (secondary N) is 1. The zero-order valence-corrected chi connectivity index (χ0v) is 42.8. The molecule has 18 nitrogen and oxygen atoms in total. The van der Waals surface area contributed by atoms with Crippen molar-refractivity contribution in [1.29, 1.82) is 0 Å². The van der Waals surface area contributed by atoms with Crippen LogP contribution in [0.4, 0.5) is 19.0 Å². The molecule has 2 N–H and O–H groups in total. The molecule has 0 unspecified atom stereocenters. The molecular weight excluding hydrogens is 1000 g/mol. The predicted molar refractivity (Wildman–Crippen MR) is 277 cm³/mol. The van der Waals surface area contributed by atoms with Crippen LogP contribution in [0.15, 0.2) is 106 Å². The first-order valence-corrected chi connectivity index (χ1v) is 23.6. The Bertz CT molecular complexity index is 3000. The summed E-state index contributed by atoms with van der Waals surface area (Å²) < 4.78 is 46.9. The normalized spacial score (nSPS) is 14.6. The maximum absolute atomic E-state index is 10.6. The Balaban J connectivity index is 0.000000213. The molecule has 2 aliphatic heterocycles. The fraction of sp³-hybridized carbons (Fsp3) is 0.392. The quantitative estimate of drug-likeness (QED) is 0.128. The summed E-state index contributed by atoms with van der Waals surface area (Å²) >= 11 is 5.92. The van der Waals surface area contributed by atoms with Gasteiger partial charge in [0.25, 0.3) is 11.8 Å². The summed E-state index contributed by atoms with van der Waals surface area (Å²) in [7, 11) is 0. The number of aryl methyl sites for hydroxylation is 2. The number of alkyl halides is 3. The summed E-state index contributed by atoms with van der Waals surface area (Å²) in [4.78, 5) is 28.8. The van der Waals surface area contributed by atoms with Gasteiger partial charge >= 0.3 is 12.1 Å². The van der Waals surface area contributed by atoms with E-state index < -0.39 is 12.1 Å². The second-order valence-electron chi connectivity index (χ2n) is 18.7. The number of carbonyl (C=O) groups is 1. The van der Waals surface area contributed by atoms with Gasteiger partial charge in [-0.05, 0) is 123 Å². The van der Waals surface area contributed by atoms with Gasteiger partial charge in [0.15, 0.2) is 0 Å². The fourth-order valence-corrected chi connectivity index (χ4v) is 7.60. The molecule has 2 aliphatic rings. The highest BCUT2D eigenvalue weighted by molar-refractivity contribution is 6.29. The number of hydrogen-bond donors (Lipinski definition) is 2. The molecule has 0 amide bonds. The molecular formula is C51H61Cl2F3N14O4. The average molecular weight is 1060 g/mol. The van der Waals surface area contributed by atoms with E-state index in [0.717, 1.165) is 52.8 Å². The van der Waals surface area contributed by atoms with Gasteiger partial charge in [0.05, 0.1) is 13.1 Å². The maximum Gasteiger partial charge on any atom is 0.490 e. The van der Waals surface area contributed by atoms with Gasteiger partial charge in [0, 0.05) is 36.6 Å². The molecule has 0 spiro atoms. The predicted octanol–water partition coefficient (Wildman–Crippen LogP) is 10.9. The zero-order valence-electron chi connectivity index (χ0n) is 41.2. The third-order valence-electron chi connectivity index (χ3n) is 11.9. The van der Waals surface area contributed by atoms with Crippen molar-refractivity contribution in [2.24, 2.45) is 10.8 Å². The number of pyridine rings is 2. The standard InChI is InChI=1S/C24H27N7O.C17H13ClN6O.C7H15N.C2HF3O2.CH4.ClH/c1-17-26-21(23-28-27-22(32-23)19-7-5-4-6-8-19)29-31(17)16-18-9-12-25-20(15-18)30-13-10-24(2,3)11-14-30;1-11-20-15(23-24(11)10-12-7-8-19-14(18)9-12)17-22-21-16(25-17)13-5-3-2-4-6-13;1-7(2)3-5-8-6-4-7;3-2(4,5)1(6)7;;/h4-9,12,15H,10-11,13-14,16H2,1-3H3;2-9H,10H2,1H3;8H,3-6H2,1-2H3;(H,6,7);1H4;1H. The number of rotatable bonds is 9. The molecule has 74 heavy (non-hydrogen) atoms. The van der Waals surface area contributed by atoms with Crippen LogP contribution in [0, 0.1) is 24.7 Å². The molecule has 0 aliphatic carbocycles. The summed E-state index contributed by atoms with van der Waals surface area (Å²) in [5.41, 5.74) is 4.87. The molecule has 2 fully saturated rings. The van der Waals surface area contributed by atoms with E-state index in [4.69, 9.17) is 30.3 Å². The number of nitrogens with zero attached hydrogens (tertiary/aromatic N) is 13. The molecule has 10 rings (SSSR count). The first-order chi connectivity index (χ1) is 34.3. The summed E-state index contributed by atoms with van der Waals surface area (Å²) in [6.07, 6.45) is 3.50. The molecule has 0 saturated carbocycles. The number of anilines is 1. The van der Waals surface area contributed by atoms with Crippen molar-refractivity contribution in [2.45, 2.75) is 93.9 Å². The lowest BCUT2D eigenvalue weighted by Crippen LogP contribution is -2.37. The minimum Gasteiger partial charge on any atom is -0.475 e. The number of halogens is 5. The lowest BCUT2D eigenvalue weighted by atomic mass is 9.83. The van der Waals surface area contributed by atoms with E-state index >= 15 is 0 Å². The highest BCUT2D eigenvalue weighted by Crippen LogP contribution is 2.32. The molecule has 0 bridgehead atoms. The number of aliphatic carboxylic acids is 1. The van der Waals surface area contributed by atoms with Crippen molar-refractivity contribution in [2.75, 3.05) is 31.1 Å². The van der Waals surface area contributed by atoms with Crippen LogP contribution in [0.5, 0.6) is 0 Å². The lowest BCUT2D eigenvalue weighted by Gasteiger charge is -2.37. The van der Waals surface area contributed by atoms with Crippen molar-refractivity contribution < 1.29 is 31.9 Å². The van der Waals surface area contributed by atoms with E-state index in [9.17, 15) is 13.2 Å². The van der Waals surface area contributed by atoms with E-state index in [0.29, 0.717) is 58.4 Å². The second kappa shape index (κ2) is 25.7. The van der Waals surface area contributed by atoms with E-state index in [1.807, 2.05) is 97.5 Å². The zero-order chi connectivity index (χ0) is 51.5. The van der Waals surface area contributed by atoms with E-state index in [-0.39, 0.29) is 25.7 Å². The monoisotopic (exact) mass is 1060 g/mol. The van der Waals surface area contributed by atoms with Gasteiger partial charge < -0.3 is 24.2 Å². The van der Waals surface area contributed by atoms with Gasteiger partial charge in [0.2, 0.25) is 23.4 Å². The first kappa shape index (κ1) is 57.8. The van der Waals surface area contributed by atoms with Gasteiger partial charge in [-0.25, -0.2) is 34.1 Å². The third-order valence-corrected chi connectivity index (χ3v) is 12.1. The molecule has 8 heterocycles. The third kappa shape index (κ3) is 16.5. The van der Waals surface area contributed by atoms with Crippen molar-refractivity contribution in [3.8, 4) is 46.3 Å². The highest BCUT2D eigenvalue weighted by atomic mass is 35.5. The number of carboxylic acid groups (broad SMARTS) is 1. The number of aromatic nitrogens is 12. The van der Waals surface area contributed by atoms with Crippen molar-refractivity contribution in [3.63, 3.8) is 0 Å². The largest absolute Gasteiger partial charge is 0.490 e. The van der Waals surface area contributed by atoms with Crippen LogP contribution in [0.1, 0.15) is 83.6 Å². The van der Waals surface area contributed by atoms with Gasteiger partial charge in [-0.15, -0.1) is 43.0 Å². The summed E-state index contributed by atoms with van der Waals surface area (Å²) in [5, 5.41) is 36.4. The smallest absolute Gasteiger partial charge is 0.475 e. The lowest BCUT2D eigenvalue weighted by molar-refractivity contribution is -0.192. The Morgan fingerprint density at radius 3 is 1.51 bits per heavy atom. The van der Waals surface area contributed by atoms with Gasteiger partial charge in [-0.3, -0.25) is 0 Å². The summed E-state index contributed by atoms with van der Waals surface area (Å²) in [5.74, 6) is 2.12. The number of benzene rings is 2. The summed E-state index contributed by atoms with van der Waals surface area (Å²) in [6.45, 7) is 18.8. The molecule has 394 valence electrons. The van der Waals surface area contributed by atoms with Crippen LogP contribution in [0.2, 0.25) is 5.15 Å². The van der Waals surface area contributed by atoms with Gasteiger partial charge in [-0.1, -0.05) is 83.1 Å². The minimum absolute atomic E-state index is 0. The molecule has 0 atom stereocenters. The first-order valence-electron chi connectivity index (χ1n) is 23.2. The molecule has 6 aromatic heterocycles. The fourth-order valence-electron chi connectivity index (χ4n) is 7.41. The van der Waals surface area contributed by atoms with Crippen LogP contribution in [0.25, 0.3) is 46.3 Å². The van der Waals surface area contributed by atoms with Crippen molar-refractivity contribution in [3.05, 3.63) is 125 Å².